The molecular weight excluding hydrogens is 291 g/mol. The summed E-state index contributed by atoms with van der Waals surface area (Å²) in [4.78, 5) is 0. The number of benzene rings is 1. The van der Waals surface area contributed by atoms with Gasteiger partial charge in [0.15, 0.2) is 5.11 Å². The number of hydrogen-bond donors (Lipinski definition) is 2. The molecule has 0 aliphatic carbocycles. The molecule has 1 rings (SSSR count). The van der Waals surface area contributed by atoms with E-state index in [4.69, 9.17) is 17.0 Å². The fourth-order valence-corrected chi connectivity index (χ4v) is 1.49. The normalized spacial score (nSPS) is 11.6. The van der Waals surface area contributed by atoms with E-state index in [-0.39, 0.29) is 10.7 Å². The van der Waals surface area contributed by atoms with Crippen LogP contribution in [0.5, 0.6) is 0 Å². The maximum absolute atomic E-state index is 12.7. The molecule has 20 heavy (non-hydrogen) atoms. The summed E-state index contributed by atoms with van der Waals surface area (Å²) in [5, 5.41) is 6.66. The number of thiocarbonyl (C=S) groups is 1. The van der Waals surface area contributed by atoms with E-state index in [1.54, 1.807) is 7.11 Å². The first-order valence-corrected chi connectivity index (χ1v) is 6.08. The molecular formula is C12H14F3N3OS. The SMILES string of the molecule is COCCNC(=S)N/N=C\c1ccccc1C(F)(F)F. The first-order valence-electron chi connectivity index (χ1n) is 5.67. The van der Waals surface area contributed by atoms with Gasteiger partial charge in [0.25, 0.3) is 0 Å². The Bertz CT molecular complexity index is 477. The van der Waals surface area contributed by atoms with Crippen LogP contribution in [-0.4, -0.2) is 31.6 Å². The van der Waals surface area contributed by atoms with E-state index >= 15 is 0 Å². The van der Waals surface area contributed by atoms with Crippen LogP contribution in [0.1, 0.15) is 11.1 Å². The molecule has 0 amide bonds. The number of alkyl halides is 3. The average molecular weight is 305 g/mol. The molecule has 0 heterocycles. The van der Waals surface area contributed by atoms with Gasteiger partial charge in [0, 0.05) is 19.2 Å². The first kappa shape index (κ1) is 16.4. The second kappa shape index (κ2) is 7.81. The van der Waals surface area contributed by atoms with Gasteiger partial charge in [-0.1, -0.05) is 18.2 Å². The third-order valence-corrected chi connectivity index (χ3v) is 2.46. The van der Waals surface area contributed by atoms with E-state index in [2.05, 4.69) is 15.8 Å². The molecule has 0 spiro atoms. The quantitative estimate of drug-likeness (QED) is 0.379. The van der Waals surface area contributed by atoms with Gasteiger partial charge in [-0.05, 0) is 18.3 Å². The van der Waals surface area contributed by atoms with Crippen molar-refractivity contribution in [3.8, 4) is 0 Å². The van der Waals surface area contributed by atoms with Crippen LogP contribution in [0.4, 0.5) is 13.2 Å². The van der Waals surface area contributed by atoms with Gasteiger partial charge >= 0.3 is 6.18 Å². The number of nitrogens with one attached hydrogen (secondary N) is 2. The summed E-state index contributed by atoms with van der Waals surface area (Å²) in [7, 11) is 1.55. The predicted molar refractivity (Wildman–Crippen MR) is 74.7 cm³/mol. The van der Waals surface area contributed by atoms with Crippen molar-refractivity contribution in [1.82, 2.24) is 10.7 Å². The van der Waals surface area contributed by atoms with E-state index in [1.807, 2.05) is 0 Å². The number of nitrogens with zero attached hydrogens (tertiary/aromatic N) is 1. The number of rotatable bonds is 5. The van der Waals surface area contributed by atoms with Gasteiger partial charge in [0.05, 0.1) is 18.4 Å². The van der Waals surface area contributed by atoms with Crippen LogP contribution in [0, 0.1) is 0 Å². The van der Waals surface area contributed by atoms with Gasteiger partial charge in [0.2, 0.25) is 0 Å². The van der Waals surface area contributed by atoms with Crippen molar-refractivity contribution in [2.24, 2.45) is 5.10 Å². The van der Waals surface area contributed by atoms with E-state index < -0.39 is 11.7 Å². The summed E-state index contributed by atoms with van der Waals surface area (Å²) in [5.41, 5.74) is 1.65. The van der Waals surface area contributed by atoms with Gasteiger partial charge in [-0.3, -0.25) is 5.43 Å². The molecule has 0 aliphatic heterocycles. The van der Waals surface area contributed by atoms with Gasteiger partial charge < -0.3 is 10.1 Å². The highest BCUT2D eigenvalue weighted by Gasteiger charge is 2.32. The average Bonchev–Trinajstić information content (AvgIpc) is 2.38. The smallest absolute Gasteiger partial charge is 0.383 e. The monoisotopic (exact) mass is 305 g/mol. The molecule has 4 nitrogen and oxygen atoms in total. The molecule has 1 aromatic rings. The van der Waals surface area contributed by atoms with Crippen LogP contribution in [0.15, 0.2) is 29.4 Å². The molecule has 0 unspecified atom stereocenters. The minimum atomic E-state index is -4.42. The van der Waals surface area contributed by atoms with Crippen molar-refractivity contribution in [1.29, 1.82) is 0 Å². The maximum atomic E-state index is 12.7. The number of hydrazone groups is 1. The number of halogens is 3. The standard InChI is InChI=1S/C12H14F3N3OS/c1-19-7-6-16-11(20)18-17-8-9-4-2-3-5-10(9)12(13,14)15/h2-5,8H,6-7H2,1H3,(H2,16,18,20)/b17-8-. The Kier molecular flexibility index (Phi) is 6.40. The third-order valence-electron chi connectivity index (χ3n) is 2.23. The zero-order chi connectivity index (χ0) is 15.0. The molecule has 0 fully saturated rings. The Morgan fingerprint density at radius 3 is 2.75 bits per heavy atom. The lowest BCUT2D eigenvalue weighted by Crippen LogP contribution is -2.34. The highest BCUT2D eigenvalue weighted by Crippen LogP contribution is 2.30. The van der Waals surface area contributed by atoms with Crippen LogP contribution < -0.4 is 10.7 Å². The molecule has 0 aromatic heterocycles. The van der Waals surface area contributed by atoms with Crippen LogP contribution >= 0.6 is 12.2 Å². The molecule has 0 bridgehead atoms. The molecule has 0 atom stereocenters. The number of ether oxygens (including phenoxy) is 1. The van der Waals surface area contributed by atoms with Crippen molar-refractivity contribution in [2.75, 3.05) is 20.3 Å². The Morgan fingerprint density at radius 1 is 1.40 bits per heavy atom. The lowest BCUT2D eigenvalue weighted by atomic mass is 10.1. The molecule has 0 saturated carbocycles. The van der Waals surface area contributed by atoms with E-state index in [0.717, 1.165) is 12.3 Å². The fraction of sp³-hybridized carbons (Fsp3) is 0.333. The highest BCUT2D eigenvalue weighted by atomic mass is 32.1. The van der Waals surface area contributed by atoms with Crippen LogP contribution in [-0.2, 0) is 10.9 Å². The zero-order valence-electron chi connectivity index (χ0n) is 10.7. The molecule has 0 saturated heterocycles. The Hall–Kier alpha value is -1.67. The molecule has 0 aliphatic rings. The maximum Gasteiger partial charge on any atom is 0.417 e. The summed E-state index contributed by atoms with van der Waals surface area (Å²) in [6.07, 6.45) is -3.34. The van der Waals surface area contributed by atoms with Gasteiger partial charge in [-0.15, -0.1) is 0 Å². The van der Waals surface area contributed by atoms with Crippen molar-refractivity contribution in [3.05, 3.63) is 35.4 Å². The molecule has 8 heteroatoms. The third kappa shape index (κ3) is 5.54. The Labute approximate surface area is 120 Å². The topological polar surface area (TPSA) is 45.6 Å². The van der Waals surface area contributed by atoms with Gasteiger partial charge in [0.1, 0.15) is 0 Å². The minimum absolute atomic E-state index is 0.0350. The summed E-state index contributed by atoms with van der Waals surface area (Å²) < 4.78 is 42.9. The van der Waals surface area contributed by atoms with Crippen molar-refractivity contribution >= 4 is 23.5 Å². The summed E-state index contributed by atoms with van der Waals surface area (Å²) >= 11 is 4.88. The summed E-state index contributed by atoms with van der Waals surface area (Å²) in [6, 6.07) is 5.15. The van der Waals surface area contributed by atoms with Gasteiger partial charge in [-0.25, -0.2) is 0 Å². The predicted octanol–water partition coefficient (Wildman–Crippen LogP) is 2.15. The summed E-state index contributed by atoms with van der Waals surface area (Å²) in [5.74, 6) is 0. The van der Waals surface area contributed by atoms with E-state index in [0.29, 0.717) is 13.2 Å². The van der Waals surface area contributed by atoms with Crippen molar-refractivity contribution < 1.29 is 17.9 Å². The second-order valence-electron chi connectivity index (χ2n) is 3.70. The molecule has 0 radical (unpaired) electrons. The van der Waals surface area contributed by atoms with Gasteiger partial charge in [-0.2, -0.15) is 18.3 Å². The van der Waals surface area contributed by atoms with Crippen molar-refractivity contribution in [2.45, 2.75) is 6.18 Å². The molecule has 2 N–H and O–H groups in total. The van der Waals surface area contributed by atoms with Crippen LogP contribution in [0.3, 0.4) is 0 Å². The Balaban J connectivity index is 2.61. The number of hydrogen-bond acceptors (Lipinski definition) is 3. The summed E-state index contributed by atoms with van der Waals surface area (Å²) in [6.45, 7) is 0.944. The molecule has 110 valence electrons. The van der Waals surface area contributed by atoms with E-state index in [9.17, 15) is 13.2 Å². The zero-order valence-corrected chi connectivity index (χ0v) is 11.5. The lowest BCUT2D eigenvalue weighted by molar-refractivity contribution is -0.137. The number of methoxy groups -OCH3 is 1. The minimum Gasteiger partial charge on any atom is -0.383 e. The van der Waals surface area contributed by atoms with Crippen LogP contribution in [0.25, 0.3) is 0 Å². The van der Waals surface area contributed by atoms with Crippen LogP contribution in [0.2, 0.25) is 0 Å². The van der Waals surface area contributed by atoms with Crippen molar-refractivity contribution in [3.63, 3.8) is 0 Å². The molecule has 1 aromatic carbocycles. The largest absolute Gasteiger partial charge is 0.417 e. The first-order chi connectivity index (χ1) is 9.45. The Morgan fingerprint density at radius 2 is 2.10 bits per heavy atom. The fourth-order valence-electron chi connectivity index (χ4n) is 1.33. The second-order valence-corrected chi connectivity index (χ2v) is 4.11. The van der Waals surface area contributed by atoms with E-state index in [1.165, 1.54) is 18.2 Å². The highest BCUT2D eigenvalue weighted by molar-refractivity contribution is 7.80. The lowest BCUT2D eigenvalue weighted by Gasteiger charge is -2.09.